The molecule has 3 heterocycles. The van der Waals surface area contributed by atoms with E-state index in [1.807, 2.05) is 13.1 Å². The van der Waals surface area contributed by atoms with E-state index >= 15 is 0 Å². The number of hydrogen-bond acceptors (Lipinski definition) is 7. The number of fused-ring (bicyclic) bond motifs is 1. The first kappa shape index (κ1) is 15.9. The molecule has 0 saturated carbocycles. The third-order valence-electron chi connectivity index (χ3n) is 3.33. The van der Waals surface area contributed by atoms with Crippen molar-refractivity contribution in [3.8, 4) is 0 Å². The zero-order chi connectivity index (χ0) is 16.4. The number of carbonyl (C=O) groups excluding carboxylic acids is 1. The number of aryl methyl sites for hydroxylation is 2. The number of nitrogens with zero attached hydrogens (tertiary/aromatic N) is 3. The molecule has 0 atom stereocenters. The highest BCUT2D eigenvalue weighted by Gasteiger charge is 2.21. The first-order chi connectivity index (χ1) is 11.1. The molecule has 3 aromatic heterocycles. The zero-order valence-corrected chi connectivity index (χ0v) is 14.7. The molecule has 0 fully saturated rings. The van der Waals surface area contributed by atoms with E-state index in [-0.39, 0.29) is 5.97 Å². The van der Waals surface area contributed by atoms with E-state index in [4.69, 9.17) is 4.74 Å². The van der Waals surface area contributed by atoms with Gasteiger partial charge in [0.05, 0.1) is 6.61 Å². The smallest absolute Gasteiger partial charge is 0.348 e. The molecule has 1 N–H and O–H groups in total. The molecular weight excluding hydrogens is 332 g/mol. The van der Waals surface area contributed by atoms with Crippen LogP contribution in [0.1, 0.15) is 34.8 Å². The molecule has 0 aliphatic rings. The minimum Gasteiger partial charge on any atom is -0.462 e. The summed E-state index contributed by atoms with van der Waals surface area (Å²) in [5.74, 6) is -0.310. The quantitative estimate of drug-likeness (QED) is 0.560. The minimum absolute atomic E-state index is 0.310. The first-order valence-corrected chi connectivity index (χ1v) is 8.90. The molecule has 0 saturated heterocycles. The molecule has 0 amide bonds. The van der Waals surface area contributed by atoms with E-state index in [1.54, 1.807) is 6.92 Å². The maximum absolute atomic E-state index is 12.1. The van der Waals surface area contributed by atoms with Gasteiger partial charge in [-0.15, -0.1) is 11.3 Å². The summed E-state index contributed by atoms with van der Waals surface area (Å²) in [5, 5.41) is 2.46. The van der Waals surface area contributed by atoms with Crippen LogP contribution in [0.3, 0.4) is 0 Å². The Morgan fingerprint density at radius 2 is 2.17 bits per heavy atom. The van der Waals surface area contributed by atoms with E-state index in [9.17, 15) is 4.79 Å². The van der Waals surface area contributed by atoms with Gasteiger partial charge < -0.3 is 9.72 Å². The Balaban J connectivity index is 2.02. The highest BCUT2D eigenvalue weighted by Crippen LogP contribution is 2.37. The van der Waals surface area contributed by atoms with Crippen LogP contribution in [-0.2, 0) is 11.2 Å². The lowest BCUT2D eigenvalue weighted by atomic mass is 10.2. The van der Waals surface area contributed by atoms with Gasteiger partial charge in [-0.1, -0.05) is 6.92 Å². The molecule has 0 radical (unpaired) electrons. The number of carbonyl (C=O) groups is 1. The summed E-state index contributed by atoms with van der Waals surface area (Å²) < 4.78 is 5.11. The van der Waals surface area contributed by atoms with Crippen molar-refractivity contribution in [3.05, 3.63) is 28.7 Å². The molecule has 0 bridgehead atoms. The van der Waals surface area contributed by atoms with E-state index in [0.717, 1.165) is 38.1 Å². The first-order valence-electron chi connectivity index (χ1n) is 7.27. The largest absolute Gasteiger partial charge is 0.462 e. The van der Waals surface area contributed by atoms with E-state index < -0.39 is 0 Å². The number of imidazole rings is 1. The standard InChI is InChI=1S/C15H16N4O2S2/c1-4-9-6-16-15(19-9)23-13-10-8(3)11(14(20)21-5-2)22-12(10)17-7-18-13/h6-7H,4-5H2,1-3H3,(H,16,19). The Kier molecular flexibility index (Phi) is 4.63. The molecular formula is C15H16N4O2S2. The maximum Gasteiger partial charge on any atom is 0.348 e. The number of aromatic amines is 1. The average molecular weight is 348 g/mol. The lowest BCUT2D eigenvalue weighted by Crippen LogP contribution is -2.03. The van der Waals surface area contributed by atoms with Crippen LogP contribution in [0.5, 0.6) is 0 Å². The molecule has 0 aliphatic carbocycles. The van der Waals surface area contributed by atoms with Gasteiger partial charge in [0.15, 0.2) is 5.16 Å². The molecule has 0 unspecified atom stereocenters. The summed E-state index contributed by atoms with van der Waals surface area (Å²) in [6.07, 6.45) is 4.24. The summed E-state index contributed by atoms with van der Waals surface area (Å²) in [4.78, 5) is 29.7. The van der Waals surface area contributed by atoms with Crippen LogP contribution in [0.25, 0.3) is 10.2 Å². The van der Waals surface area contributed by atoms with Crippen molar-refractivity contribution in [2.75, 3.05) is 6.61 Å². The van der Waals surface area contributed by atoms with Crippen molar-refractivity contribution in [1.82, 2.24) is 19.9 Å². The summed E-state index contributed by atoms with van der Waals surface area (Å²) in [6.45, 7) is 6.12. The van der Waals surface area contributed by atoms with Crippen molar-refractivity contribution < 1.29 is 9.53 Å². The SMILES string of the molecule is CCOC(=O)c1sc2ncnc(Sc3ncc(CC)[nH]3)c2c1C. The second-order valence-corrected chi connectivity index (χ2v) is 6.78. The number of hydrogen-bond donors (Lipinski definition) is 1. The fraction of sp³-hybridized carbons (Fsp3) is 0.333. The fourth-order valence-electron chi connectivity index (χ4n) is 2.17. The summed E-state index contributed by atoms with van der Waals surface area (Å²) in [5.41, 5.74) is 1.93. The van der Waals surface area contributed by atoms with Gasteiger partial charge in [0.2, 0.25) is 0 Å². The average Bonchev–Trinajstić information content (AvgIpc) is 3.13. The summed E-state index contributed by atoms with van der Waals surface area (Å²) in [7, 11) is 0. The molecule has 0 aromatic carbocycles. The molecule has 8 heteroatoms. The maximum atomic E-state index is 12.1. The van der Waals surface area contributed by atoms with Crippen LogP contribution >= 0.6 is 23.1 Å². The van der Waals surface area contributed by atoms with E-state index in [0.29, 0.717) is 11.5 Å². The molecule has 3 rings (SSSR count). The monoisotopic (exact) mass is 348 g/mol. The minimum atomic E-state index is -0.310. The van der Waals surface area contributed by atoms with Gasteiger partial charge in [-0.2, -0.15) is 0 Å². The lowest BCUT2D eigenvalue weighted by Gasteiger charge is -2.01. The number of H-pyrrole nitrogens is 1. The molecule has 120 valence electrons. The molecule has 0 spiro atoms. The number of ether oxygens (including phenoxy) is 1. The number of nitrogens with one attached hydrogen (secondary N) is 1. The van der Waals surface area contributed by atoms with Crippen molar-refractivity contribution in [3.63, 3.8) is 0 Å². The molecule has 6 nitrogen and oxygen atoms in total. The third kappa shape index (κ3) is 3.09. The van der Waals surface area contributed by atoms with Crippen molar-refractivity contribution in [2.24, 2.45) is 0 Å². The molecule has 0 aliphatic heterocycles. The normalized spacial score (nSPS) is 11.1. The molecule has 3 aromatic rings. The third-order valence-corrected chi connectivity index (χ3v) is 5.42. The fourth-order valence-corrected chi connectivity index (χ4v) is 4.20. The second-order valence-electron chi connectivity index (χ2n) is 4.80. The van der Waals surface area contributed by atoms with E-state index in [2.05, 4.69) is 26.9 Å². The van der Waals surface area contributed by atoms with Crippen LogP contribution in [0, 0.1) is 6.92 Å². The zero-order valence-electron chi connectivity index (χ0n) is 13.0. The Labute approximate surface area is 141 Å². The predicted octanol–water partition coefficient (Wildman–Crippen LogP) is 3.61. The Bertz CT molecular complexity index is 856. The van der Waals surface area contributed by atoms with Gasteiger partial charge in [-0.05, 0) is 37.6 Å². The summed E-state index contributed by atoms with van der Waals surface area (Å²) in [6, 6.07) is 0. The van der Waals surface area contributed by atoms with E-state index in [1.165, 1.54) is 29.4 Å². The Hall–Kier alpha value is -1.93. The number of aromatic nitrogens is 4. The Morgan fingerprint density at radius 1 is 1.35 bits per heavy atom. The topological polar surface area (TPSA) is 80.8 Å². The summed E-state index contributed by atoms with van der Waals surface area (Å²) >= 11 is 2.78. The lowest BCUT2D eigenvalue weighted by molar-refractivity contribution is 0.0531. The van der Waals surface area contributed by atoms with Gasteiger partial charge >= 0.3 is 5.97 Å². The van der Waals surface area contributed by atoms with Gasteiger partial charge in [-0.3, -0.25) is 0 Å². The molecule has 23 heavy (non-hydrogen) atoms. The van der Waals surface area contributed by atoms with Crippen molar-refractivity contribution in [1.29, 1.82) is 0 Å². The van der Waals surface area contributed by atoms with Crippen LogP contribution < -0.4 is 0 Å². The van der Waals surface area contributed by atoms with Gasteiger partial charge in [0, 0.05) is 17.3 Å². The van der Waals surface area contributed by atoms with Gasteiger partial charge in [0.1, 0.15) is 21.1 Å². The van der Waals surface area contributed by atoms with Gasteiger partial charge in [-0.25, -0.2) is 19.7 Å². The van der Waals surface area contributed by atoms with Gasteiger partial charge in [0.25, 0.3) is 0 Å². The van der Waals surface area contributed by atoms with Crippen LogP contribution in [0.2, 0.25) is 0 Å². The second kappa shape index (κ2) is 6.67. The highest BCUT2D eigenvalue weighted by molar-refractivity contribution is 7.99. The number of thiophene rings is 1. The van der Waals surface area contributed by atoms with Crippen molar-refractivity contribution >= 4 is 39.3 Å². The highest BCUT2D eigenvalue weighted by atomic mass is 32.2. The number of esters is 1. The Morgan fingerprint density at radius 3 is 2.87 bits per heavy atom. The number of rotatable bonds is 5. The van der Waals surface area contributed by atoms with Crippen molar-refractivity contribution in [2.45, 2.75) is 37.4 Å². The van der Waals surface area contributed by atoms with Crippen LogP contribution in [0.4, 0.5) is 0 Å². The van der Waals surface area contributed by atoms with Crippen LogP contribution in [0.15, 0.2) is 22.7 Å². The van der Waals surface area contributed by atoms with Crippen LogP contribution in [-0.4, -0.2) is 32.5 Å². The predicted molar refractivity (Wildman–Crippen MR) is 90.2 cm³/mol.